The van der Waals surface area contributed by atoms with Crippen molar-refractivity contribution in [2.24, 2.45) is 0 Å². The molecule has 0 aromatic heterocycles. The molecular weight excluding hydrogens is 432 g/mol. The molecule has 33 heavy (non-hydrogen) atoms. The molecular formula is C26H20N4O2S. The van der Waals surface area contributed by atoms with Crippen molar-refractivity contribution in [2.75, 3.05) is 20.9 Å². The highest BCUT2D eigenvalue weighted by Gasteiger charge is 2.28. The lowest BCUT2D eigenvalue weighted by atomic mass is 10.1. The number of amides is 2. The van der Waals surface area contributed by atoms with Gasteiger partial charge in [-0.3, -0.25) is 14.5 Å². The highest BCUT2D eigenvalue weighted by Crippen LogP contribution is 2.40. The molecule has 2 amide bonds. The first kappa shape index (κ1) is 20.7. The van der Waals surface area contributed by atoms with Crippen molar-refractivity contribution in [3.63, 3.8) is 0 Å². The summed E-state index contributed by atoms with van der Waals surface area (Å²) in [4.78, 5) is 27.0. The smallest absolute Gasteiger partial charge is 0.241 e. The van der Waals surface area contributed by atoms with E-state index in [1.165, 1.54) is 0 Å². The van der Waals surface area contributed by atoms with E-state index in [1.54, 1.807) is 4.90 Å². The molecule has 4 aromatic rings. The second kappa shape index (κ2) is 8.72. The number of carbonyl (C=O) groups is 2. The molecule has 0 atom stereocenters. The fraction of sp³-hybridized carbons (Fsp3) is 0.0385. The Morgan fingerprint density at radius 2 is 1.45 bits per heavy atom. The quantitative estimate of drug-likeness (QED) is 0.276. The number of hydrogen-bond acceptors (Lipinski definition) is 3. The third-order valence-corrected chi connectivity index (χ3v) is 5.59. The number of anilines is 5. The second-order valence-corrected chi connectivity index (χ2v) is 8.04. The van der Waals surface area contributed by atoms with Gasteiger partial charge in [-0.25, -0.2) is 0 Å². The largest absolute Gasteiger partial charge is 0.332 e. The van der Waals surface area contributed by atoms with E-state index >= 15 is 0 Å². The van der Waals surface area contributed by atoms with Gasteiger partial charge in [-0.2, -0.15) is 0 Å². The van der Waals surface area contributed by atoms with Crippen molar-refractivity contribution < 1.29 is 9.59 Å². The lowest BCUT2D eigenvalue weighted by Gasteiger charge is -2.23. The minimum Gasteiger partial charge on any atom is -0.332 e. The van der Waals surface area contributed by atoms with Crippen LogP contribution in [-0.2, 0) is 9.59 Å². The molecule has 0 aliphatic carbocycles. The number of carbonyl (C=O) groups excluding carboxylic acids is 2. The molecule has 6 nitrogen and oxygen atoms in total. The Balaban J connectivity index is 1.44. The molecule has 0 saturated heterocycles. The Hall–Kier alpha value is -4.23. The van der Waals surface area contributed by atoms with Gasteiger partial charge in [-0.1, -0.05) is 48.5 Å². The van der Waals surface area contributed by atoms with Crippen LogP contribution in [0.5, 0.6) is 0 Å². The zero-order valence-corrected chi connectivity index (χ0v) is 18.4. The highest BCUT2D eigenvalue weighted by atomic mass is 32.1. The first-order chi connectivity index (χ1) is 16.1. The molecule has 0 spiro atoms. The Labute approximate surface area is 196 Å². The highest BCUT2D eigenvalue weighted by molar-refractivity contribution is 7.80. The number of para-hydroxylation sites is 1. The van der Waals surface area contributed by atoms with Gasteiger partial charge in [0, 0.05) is 22.4 Å². The molecule has 162 valence electrons. The Kier molecular flexibility index (Phi) is 5.46. The van der Waals surface area contributed by atoms with Crippen LogP contribution in [0.1, 0.15) is 6.42 Å². The van der Waals surface area contributed by atoms with Crippen molar-refractivity contribution >= 4 is 68.4 Å². The van der Waals surface area contributed by atoms with E-state index in [0.717, 1.165) is 22.1 Å². The summed E-state index contributed by atoms with van der Waals surface area (Å²) in [5, 5.41) is 11.5. The van der Waals surface area contributed by atoms with Gasteiger partial charge in [-0.05, 0) is 60.1 Å². The monoisotopic (exact) mass is 452 g/mol. The van der Waals surface area contributed by atoms with E-state index in [2.05, 4.69) is 16.0 Å². The van der Waals surface area contributed by atoms with E-state index in [4.69, 9.17) is 12.2 Å². The molecule has 1 aliphatic heterocycles. The predicted octanol–water partition coefficient (Wildman–Crippen LogP) is 5.66. The van der Waals surface area contributed by atoms with Crippen molar-refractivity contribution in [3.05, 3.63) is 91.0 Å². The Morgan fingerprint density at radius 3 is 2.21 bits per heavy atom. The standard InChI is InChI=1S/C26H20N4O2S/c31-23-16-24(32)30(22-15-10-17-6-4-5-9-21(17)25(22)29-23)20-13-11-19(12-14-20)28-26(33)27-18-7-2-1-3-8-18/h1-15H,16H2,(H,29,31)(H2,27,28,33). The summed E-state index contributed by atoms with van der Waals surface area (Å²) in [6, 6.07) is 28.6. The van der Waals surface area contributed by atoms with Gasteiger partial charge in [0.1, 0.15) is 6.42 Å². The van der Waals surface area contributed by atoms with E-state index in [0.29, 0.717) is 22.2 Å². The second-order valence-electron chi connectivity index (χ2n) is 7.63. The third kappa shape index (κ3) is 4.26. The SMILES string of the molecule is O=C1CC(=O)N(c2ccc(NC(=S)Nc3ccccc3)cc2)c2ccc3ccccc3c2N1. The first-order valence-electron chi connectivity index (χ1n) is 10.5. The average molecular weight is 453 g/mol. The Morgan fingerprint density at radius 1 is 0.788 bits per heavy atom. The van der Waals surface area contributed by atoms with Crippen LogP contribution >= 0.6 is 12.2 Å². The fourth-order valence-electron chi connectivity index (χ4n) is 3.90. The van der Waals surface area contributed by atoms with Gasteiger partial charge in [0.15, 0.2) is 5.11 Å². The number of nitrogens with zero attached hydrogens (tertiary/aromatic N) is 1. The lowest BCUT2D eigenvalue weighted by Crippen LogP contribution is -2.26. The van der Waals surface area contributed by atoms with Crippen LogP contribution in [-0.4, -0.2) is 16.9 Å². The van der Waals surface area contributed by atoms with Crippen LogP contribution in [0.25, 0.3) is 10.8 Å². The zero-order valence-electron chi connectivity index (χ0n) is 17.5. The number of benzene rings is 4. The zero-order chi connectivity index (χ0) is 22.8. The van der Waals surface area contributed by atoms with Crippen molar-refractivity contribution in [1.82, 2.24) is 0 Å². The topological polar surface area (TPSA) is 73.5 Å². The van der Waals surface area contributed by atoms with E-state index < -0.39 is 0 Å². The van der Waals surface area contributed by atoms with Gasteiger partial charge in [0.25, 0.3) is 0 Å². The molecule has 1 aliphatic rings. The minimum absolute atomic E-state index is 0.228. The summed E-state index contributed by atoms with van der Waals surface area (Å²) in [6.07, 6.45) is -0.228. The summed E-state index contributed by atoms with van der Waals surface area (Å²) >= 11 is 5.39. The lowest BCUT2D eigenvalue weighted by molar-refractivity contribution is -0.124. The maximum absolute atomic E-state index is 13.0. The van der Waals surface area contributed by atoms with Crippen molar-refractivity contribution in [1.29, 1.82) is 0 Å². The number of nitrogens with one attached hydrogen (secondary N) is 3. The molecule has 3 N–H and O–H groups in total. The molecule has 1 heterocycles. The Bertz CT molecular complexity index is 1370. The van der Waals surface area contributed by atoms with E-state index in [1.807, 2.05) is 91.0 Å². The maximum atomic E-state index is 13.0. The third-order valence-electron chi connectivity index (χ3n) is 5.39. The van der Waals surface area contributed by atoms with Crippen LogP contribution in [0.3, 0.4) is 0 Å². The summed E-state index contributed by atoms with van der Waals surface area (Å²) in [5.74, 6) is -0.612. The molecule has 0 saturated carbocycles. The summed E-state index contributed by atoms with van der Waals surface area (Å²) in [6.45, 7) is 0. The molecule has 7 heteroatoms. The molecule has 5 rings (SSSR count). The summed E-state index contributed by atoms with van der Waals surface area (Å²) in [7, 11) is 0. The number of thiocarbonyl (C=S) groups is 1. The molecule has 0 bridgehead atoms. The van der Waals surface area contributed by atoms with Gasteiger partial charge < -0.3 is 16.0 Å². The predicted molar refractivity (Wildman–Crippen MR) is 137 cm³/mol. The fourth-order valence-corrected chi connectivity index (χ4v) is 4.14. The van der Waals surface area contributed by atoms with Crippen LogP contribution < -0.4 is 20.9 Å². The van der Waals surface area contributed by atoms with E-state index in [9.17, 15) is 9.59 Å². The summed E-state index contributed by atoms with van der Waals surface area (Å²) < 4.78 is 0. The number of rotatable bonds is 3. The van der Waals surface area contributed by atoms with Gasteiger partial charge in [-0.15, -0.1) is 0 Å². The van der Waals surface area contributed by atoms with Gasteiger partial charge >= 0.3 is 0 Å². The normalized spacial score (nSPS) is 13.2. The maximum Gasteiger partial charge on any atom is 0.241 e. The number of hydrogen-bond donors (Lipinski definition) is 3. The van der Waals surface area contributed by atoms with Crippen molar-refractivity contribution in [2.45, 2.75) is 6.42 Å². The average Bonchev–Trinajstić information content (AvgIpc) is 2.95. The minimum atomic E-state index is -0.323. The van der Waals surface area contributed by atoms with Crippen LogP contribution in [0, 0.1) is 0 Å². The first-order valence-corrected chi connectivity index (χ1v) is 10.9. The molecule has 0 unspecified atom stereocenters. The van der Waals surface area contributed by atoms with E-state index in [-0.39, 0.29) is 18.2 Å². The van der Waals surface area contributed by atoms with Crippen LogP contribution in [0.15, 0.2) is 91.0 Å². The van der Waals surface area contributed by atoms with Crippen molar-refractivity contribution in [3.8, 4) is 0 Å². The molecule has 4 aromatic carbocycles. The van der Waals surface area contributed by atoms with Gasteiger partial charge in [0.05, 0.1) is 11.4 Å². The number of fused-ring (bicyclic) bond motifs is 3. The van der Waals surface area contributed by atoms with Crippen LogP contribution in [0.4, 0.5) is 28.4 Å². The molecule has 0 fully saturated rings. The van der Waals surface area contributed by atoms with Gasteiger partial charge in [0.2, 0.25) is 11.8 Å². The molecule has 0 radical (unpaired) electrons. The van der Waals surface area contributed by atoms with Crippen LogP contribution in [0.2, 0.25) is 0 Å². The summed E-state index contributed by atoms with van der Waals surface area (Å²) in [5.41, 5.74) is 3.62.